The summed E-state index contributed by atoms with van der Waals surface area (Å²) in [7, 11) is 1.47. The molecule has 0 N–H and O–H groups in total. The number of hydrogen-bond acceptors (Lipinski definition) is 5. The van der Waals surface area contributed by atoms with Crippen molar-refractivity contribution in [3.63, 3.8) is 0 Å². The Labute approximate surface area is 106 Å². The van der Waals surface area contributed by atoms with E-state index in [-0.39, 0.29) is 11.9 Å². The largest absolute Gasteiger partial charge is 0.469 e. The summed E-state index contributed by atoms with van der Waals surface area (Å²) in [5, 5.41) is 3.25. The van der Waals surface area contributed by atoms with Gasteiger partial charge in [0.2, 0.25) is 0 Å². The Morgan fingerprint density at radius 3 is 2.82 bits per heavy atom. The van der Waals surface area contributed by atoms with Gasteiger partial charge < -0.3 is 4.74 Å². The minimum Gasteiger partial charge on any atom is -0.469 e. The first kappa shape index (κ1) is 12.5. The van der Waals surface area contributed by atoms with Crippen LogP contribution in [0.5, 0.6) is 0 Å². The van der Waals surface area contributed by atoms with Gasteiger partial charge in [0.15, 0.2) is 0 Å². The summed E-state index contributed by atoms with van der Waals surface area (Å²) in [6.07, 6.45) is 1.80. The molecule has 0 unspecified atom stereocenters. The molecule has 0 amide bonds. The summed E-state index contributed by atoms with van der Waals surface area (Å²) in [6.45, 7) is 4.84. The minimum absolute atomic E-state index is 0.0604. The zero-order valence-electron chi connectivity index (χ0n) is 10.3. The van der Waals surface area contributed by atoms with Crippen LogP contribution in [0.4, 0.5) is 0 Å². The van der Waals surface area contributed by atoms with E-state index in [9.17, 15) is 4.79 Å². The van der Waals surface area contributed by atoms with Gasteiger partial charge in [-0.15, -0.1) is 11.3 Å². The summed E-state index contributed by atoms with van der Waals surface area (Å²) in [6, 6.07) is 0. The lowest BCUT2D eigenvalue weighted by molar-refractivity contribution is -0.147. The molecule has 1 fully saturated rings. The van der Waals surface area contributed by atoms with E-state index < -0.39 is 0 Å². The maximum absolute atomic E-state index is 11.4. The molecule has 0 spiro atoms. The maximum atomic E-state index is 11.4. The first-order chi connectivity index (χ1) is 8.19. The van der Waals surface area contributed by atoms with E-state index in [0.29, 0.717) is 0 Å². The molecule has 1 aliphatic rings. The van der Waals surface area contributed by atoms with Crippen LogP contribution in [0.3, 0.4) is 0 Å². The van der Waals surface area contributed by atoms with Crippen LogP contribution >= 0.6 is 11.3 Å². The number of aryl methyl sites for hydroxylation is 1. The van der Waals surface area contributed by atoms with Crippen molar-refractivity contribution in [3.8, 4) is 0 Å². The lowest BCUT2D eigenvalue weighted by Gasteiger charge is -2.29. The van der Waals surface area contributed by atoms with Gasteiger partial charge in [0.25, 0.3) is 0 Å². The predicted octanol–water partition coefficient (Wildman–Crippen LogP) is 1.84. The fourth-order valence-corrected chi connectivity index (χ4v) is 2.97. The molecule has 2 heterocycles. The molecule has 0 aromatic carbocycles. The van der Waals surface area contributed by atoms with Crippen molar-refractivity contribution in [1.82, 2.24) is 9.88 Å². The van der Waals surface area contributed by atoms with Crippen LogP contribution in [-0.4, -0.2) is 36.1 Å². The number of aromatic nitrogens is 1. The molecule has 17 heavy (non-hydrogen) atoms. The number of methoxy groups -OCH3 is 1. The average molecular weight is 254 g/mol. The molecule has 5 heteroatoms. The van der Waals surface area contributed by atoms with E-state index in [4.69, 9.17) is 4.74 Å². The number of thiazole rings is 1. The standard InChI is InChI=1S/C12H18N2O2S/c1-9-8-17-11(13-9)7-14-5-3-10(4-6-14)12(15)16-2/h8,10H,3-7H2,1-2H3. The highest BCUT2D eigenvalue weighted by molar-refractivity contribution is 7.09. The second-order valence-electron chi connectivity index (χ2n) is 4.46. The Kier molecular flexibility index (Phi) is 4.12. The third-order valence-corrected chi connectivity index (χ3v) is 4.10. The molecule has 0 bridgehead atoms. The SMILES string of the molecule is COC(=O)C1CCN(Cc2nc(C)cs2)CC1. The van der Waals surface area contributed by atoms with Gasteiger partial charge in [0.05, 0.1) is 19.6 Å². The number of likely N-dealkylation sites (tertiary alicyclic amines) is 1. The van der Waals surface area contributed by atoms with E-state index >= 15 is 0 Å². The van der Waals surface area contributed by atoms with E-state index in [0.717, 1.165) is 38.2 Å². The van der Waals surface area contributed by atoms with Crippen molar-refractivity contribution >= 4 is 17.3 Å². The molecule has 0 saturated carbocycles. The summed E-state index contributed by atoms with van der Waals surface area (Å²) in [5.41, 5.74) is 1.09. The van der Waals surface area contributed by atoms with Crippen molar-refractivity contribution in [2.24, 2.45) is 5.92 Å². The second kappa shape index (κ2) is 5.60. The van der Waals surface area contributed by atoms with Gasteiger partial charge in [-0.25, -0.2) is 4.98 Å². The molecular formula is C12H18N2O2S. The molecule has 1 aromatic heterocycles. The topological polar surface area (TPSA) is 42.4 Å². The van der Waals surface area contributed by atoms with Crippen molar-refractivity contribution < 1.29 is 9.53 Å². The highest BCUT2D eigenvalue weighted by Gasteiger charge is 2.25. The number of ether oxygens (including phenoxy) is 1. The Bertz CT molecular complexity index is 384. The molecule has 2 rings (SSSR count). The summed E-state index contributed by atoms with van der Waals surface area (Å²) in [4.78, 5) is 18.2. The van der Waals surface area contributed by atoms with Crippen LogP contribution in [-0.2, 0) is 16.1 Å². The van der Waals surface area contributed by atoms with Gasteiger partial charge in [-0.05, 0) is 32.9 Å². The normalized spacial score (nSPS) is 18.2. The third kappa shape index (κ3) is 3.26. The van der Waals surface area contributed by atoms with E-state index in [1.54, 1.807) is 11.3 Å². The van der Waals surface area contributed by atoms with Gasteiger partial charge in [0, 0.05) is 11.1 Å². The minimum atomic E-state index is -0.0604. The lowest BCUT2D eigenvalue weighted by atomic mass is 9.97. The number of carbonyl (C=O) groups is 1. The zero-order valence-corrected chi connectivity index (χ0v) is 11.1. The highest BCUT2D eigenvalue weighted by atomic mass is 32.1. The Balaban J connectivity index is 1.81. The number of carbonyl (C=O) groups excluding carboxylic acids is 1. The lowest BCUT2D eigenvalue weighted by Crippen LogP contribution is -2.36. The Hall–Kier alpha value is -0.940. The van der Waals surface area contributed by atoms with Gasteiger partial charge in [0.1, 0.15) is 5.01 Å². The number of piperidine rings is 1. The highest BCUT2D eigenvalue weighted by Crippen LogP contribution is 2.21. The third-order valence-electron chi connectivity index (χ3n) is 3.15. The fourth-order valence-electron chi connectivity index (χ4n) is 2.16. The fraction of sp³-hybridized carbons (Fsp3) is 0.667. The molecule has 0 aliphatic carbocycles. The summed E-state index contributed by atoms with van der Waals surface area (Å²) >= 11 is 1.71. The smallest absolute Gasteiger partial charge is 0.308 e. The monoisotopic (exact) mass is 254 g/mol. The number of rotatable bonds is 3. The van der Waals surface area contributed by atoms with E-state index in [1.807, 2.05) is 6.92 Å². The van der Waals surface area contributed by atoms with Gasteiger partial charge in [-0.3, -0.25) is 9.69 Å². The number of esters is 1. The van der Waals surface area contributed by atoms with Crippen molar-refractivity contribution in [2.45, 2.75) is 26.3 Å². The van der Waals surface area contributed by atoms with Gasteiger partial charge in [-0.1, -0.05) is 0 Å². The predicted molar refractivity (Wildman–Crippen MR) is 66.9 cm³/mol. The van der Waals surface area contributed by atoms with Crippen LogP contribution < -0.4 is 0 Å². The van der Waals surface area contributed by atoms with Crippen LogP contribution in [0.2, 0.25) is 0 Å². The van der Waals surface area contributed by atoms with Crippen LogP contribution in [0.15, 0.2) is 5.38 Å². The van der Waals surface area contributed by atoms with E-state index in [2.05, 4.69) is 15.3 Å². The average Bonchev–Trinajstić information content (AvgIpc) is 2.75. The first-order valence-electron chi connectivity index (χ1n) is 5.90. The molecule has 94 valence electrons. The second-order valence-corrected chi connectivity index (χ2v) is 5.40. The number of nitrogens with zero attached hydrogens (tertiary/aromatic N) is 2. The maximum Gasteiger partial charge on any atom is 0.308 e. The van der Waals surface area contributed by atoms with Crippen LogP contribution in [0, 0.1) is 12.8 Å². The molecule has 0 atom stereocenters. The molecule has 1 saturated heterocycles. The van der Waals surface area contributed by atoms with E-state index in [1.165, 1.54) is 12.1 Å². The summed E-state index contributed by atoms with van der Waals surface area (Å²) in [5.74, 6) is 0.0315. The van der Waals surface area contributed by atoms with Gasteiger partial charge in [-0.2, -0.15) is 0 Å². The van der Waals surface area contributed by atoms with Crippen LogP contribution in [0.25, 0.3) is 0 Å². The molecular weight excluding hydrogens is 236 g/mol. The van der Waals surface area contributed by atoms with Crippen molar-refractivity contribution in [3.05, 3.63) is 16.1 Å². The first-order valence-corrected chi connectivity index (χ1v) is 6.78. The molecule has 4 nitrogen and oxygen atoms in total. The van der Waals surface area contributed by atoms with Crippen molar-refractivity contribution in [2.75, 3.05) is 20.2 Å². The van der Waals surface area contributed by atoms with Crippen molar-refractivity contribution in [1.29, 1.82) is 0 Å². The molecule has 1 aliphatic heterocycles. The molecule has 1 aromatic rings. The van der Waals surface area contributed by atoms with Gasteiger partial charge >= 0.3 is 5.97 Å². The Morgan fingerprint density at radius 1 is 1.59 bits per heavy atom. The summed E-state index contributed by atoms with van der Waals surface area (Å²) < 4.78 is 4.78. The molecule has 0 radical (unpaired) electrons. The zero-order chi connectivity index (χ0) is 12.3. The quantitative estimate of drug-likeness (QED) is 0.772. The number of hydrogen-bond donors (Lipinski definition) is 0. The van der Waals surface area contributed by atoms with Crippen LogP contribution in [0.1, 0.15) is 23.5 Å². The Morgan fingerprint density at radius 2 is 2.29 bits per heavy atom.